The van der Waals surface area contributed by atoms with E-state index in [1.54, 1.807) is 0 Å². The summed E-state index contributed by atoms with van der Waals surface area (Å²) in [6.45, 7) is 15.6. The molecule has 0 radical (unpaired) electrons. The number of hydrogen-bond acceptors (Lipinski definition) is 0. The Hall–Kier alpha value is -0.120. The van der Waals surface area contributed by atoms with Gasteiger partial charge in [0.15, 0.2) is 0 Å². The monoisotopic (exact) mass is 572 g/mol. The minimum atomic E-state index is 0. The van der Waals surface area contributed by atoms with Gasteiger partial charge in [0.2, 0.25) is 12.7 Å². The first-order valence-electron chi connectivity index (χ1n) is 8.81. The third kappa shape index (κ3) is 7.97. The van der Waals surface area contributed by atoms with Crippen LogP contribution in [-0.2, 0) is 24.2 Å². The smallest absolute Gasteiger partial charge is 0.244 e. The fourth-order valence-corrected chi connectivity index (χ4v) is 2.61. The average Bonchev–Trinajstić information content (AvgIpc) is 3.05. The number of nitrogens with zero attached hydrogens (tertiary/aromatic N) is 4. The molecule has 2 rings (SSSR count). The largest absolute Gasteiger partial charge is 1.00 e. The van der Waals surface area contributed by atoms with Crippen LogP contribution in [0.25, 0.3) is 0 Å². The highest BCUT2D eigenvalue weighted by Crippen LogP contribution is 2.12. The molecule has 6 heteroatoms. The van der Waals surface area contributed by atoms with Gasteiger partial charge in [0.25, 0.3) is 0 Å². The number of hydrogen-bond donors (Lipinski definition) is 0. The van der Waals surface area contributed by atoms with Crippen molar-refractivity contribution in [3.05, 3.63) is 37.4 Å². The van der Waals surface area contributed by atoms with E-state index in [1.165, 1.54) is 19.3 Å². The van der Waals surface area contributed by atoms with E-state index < -0.39 is 0 Å². The first-order chi connectivity index (χ1) is 10.7. The van der Waals surface area contributed by atoms with Gasteiger partial charge in [0.05, 0.1) is 13.1 Å². The number of halogens is 2. The van der Waals surface area contributed by atoms with E-state index in [1.807, 2.05) is 0 Å². The maximum absolute atomic E-state index is 2.30. The van der Waals surface area contributed by atoms with E-state index >= 15 is 0 Å². The van der Waals surface area contributed by atoms with Crippen molar-refractivity contribution >= 4 is 0 Å². The summed E-state index contributed by atoms with van der Waals surface area (Å²) in [7, 11) is 0. The van der Waals surface area contributed by atoms with Crippen molar-refractivity contribution < 1.29 is 57.1 Å². The van der Waals surface area contributed by atoms with Crippen LogP contribution in [0.15, 0.2) is 37.4 Å². The minimum Gasteiger partial charge on any atom is -1.00 e. The molecule has 4 nitrogen and oxygen atoms in total. The lowest BCUT2D eigenvalue weighted by Gasteiger charge is -2.13. The lowest BCUT2D eigenvalue weighted by atomic mass is 10.1. The van der Waals surface area contributed by atoms with Gasteiger partial charge in [-0.05, 0) is 60.8 Å². The van der Waals surface area contributed by atoms with Crippen LogP contribution in [0.3, 0.4) is 0 Å². The van der Waals surface area contributed by atoms with E-state index in [2.05, 4.69) is 97.3 Å². The molecule has 0 aliphatic heterocycles. The van der Waals surface area contributed by atoms with E-state index in [-0.39, 0.29) is 59.0 Å². The predicted octanol–water partition coefficient (Wildman–Crippen LogP) is -2.75. The molecule has 0 aliphatic rings. The lowest BCUT2D eigenvalue weighted by molar-refractivity contribution is -0.700. The van der Waals surface area contributed by atoms with E-state index in [4.69, 9.17) is 0 Å². The van der Waals surface area contributed by atoms with Gasteiger partial charge in [-0.1, -0.05) is 0 Å². The van der Waals surface area contributed by atoms with Crippen molar-refractivity contribution in [1.29, 1.82) is 0 Å². The Balaban J connectivity index is 0.00000288. The van der Waals surface area contributed by atoms with Crippen molar-refractivity contribution in [3.63, 3.8) is 0 Å². The molecule has 0 aromatic carbocycles. The molecular formula is C19H34I2N4. The van der Waals surface area contributed by atoms with Crippen LogP contribution in [0.5, 0.6) is 0 Å². The molecule has 0 bridgehead atoms. The molecule has 0 N–H and O–H groups in total. The van der Waals surface area contributed by atoms with Crippen LogP contribution < -0.4 is 57.1 Å². The SMILES string of the molecule is CC(C)(C)n1cc[n+](CCCCC[n+]2ccn(C(C)(C)C)c2)c1.[I-].[I-]. The minimum absolute atomic E-state index is 0. The van der Waals surface area contributed by atoms with Crippen molar-refractivity contribution in [1.82, 2.24) is 9.13 Å². The van der Waals surface area contributed by atoms with E-state index in [9.17, 15) is 0 Å². The average molecular weight is 572 g/mol. The zero-order valence-electron chi connectivity index (χ0n) is 16.5. The van der Waals surface area contributed by atoms with Crippen LogP contribution in [0.4, 0.5) is 0 Å². The third-order valence-electron chi connectivity index (χ3n) is 4.26. The van der Waals surface area contributed by atoms with Crippen LogP contribution in [-0.4, -0.2) is 9.13 Å². The Morgan fingerprint density at radius 3 is 1.28 bits per heavy atom. The Kier molecular flexibility index (Phi) is 10.2. The summed E-state index contributed by atoms with van der Waals surface area (Å²) in [5.74, 6) is 0. The Morgan fingerprint density at radius 1 is 0.640 bits per heavy atom. The Morgan fingerprint density at radius 2 is 1.00 bits per heavy atom. The number of aryl methyl sites for hydroxylation is 2. The fourth-order valence-electron chi connectivity index (χ4n) is 2.61. The second-order valence-corrected chi connectivity index (χ2v) is 8.52. The molecule has 0 saturated heterocycles. The molecule has 0 atom stereocenters. The molecule has 2 aromatic rings. The van der Waals surface area contributed by atoms with Crippen LogP contribution in [0.2, 0.25) is 0 Å². The quantitative estimate of drug-likeness (QED) is 0.203. The third-order valence-corrected chi connectivity index (χ3v) is 4.26. The molecule has 2 heterocycles. The first-order valence-corrected chi connectivity index (χ1v) is 8.81. The summed E-state index contributed by atoms with van der Waals surface area (Å²) in [6.07, 6.45) is 16.9. The van der Waals surface area contributed by atoms with Crippen molar-refractivity contribution in [2.45, 2.75) is 85.0 Å². The first kappa shape index (κ1) is 24.9. The van der Waals surface area contributed by atoms with E-state index in [0.717, 1.165) is 13.1 Å². The van der Waals surface area contributed by atoms with Crippen molar-refractivity contribution in [2.75, 3.05) is 0 Å². The van der Waals surface area contributed by atoms with E-state index in [0.29, 0.717) is 0 Å². The molecular weight excluding hydrogens is 538 g/mol. The summed E-state index contributed by atoms with van der Waals surface area (Å²) in [4.78, 5) is 0. The predicted molar refractivity (Wildman–Crippen MR) is 93.1 cm³/mol. The van der Waals surface area contributed by atoms with Gasteiger partial charge in [-0.3, -0.25) is 0 Å². The van der Waals surface area contributed by atoms with Gasteiger partial charge in [-0.25, -0.2) is 18.3 Å². The van der Waals surface area contributed by atoms with Gasteiger partial charge in [-0.15, -0.1) is 0 Å². The van der Waals surface area contributed by atoms with Crippen LogP contribution >= 0.6 is 0 Å². The van der Waals surface area contributed by atoms with Crippen LogP contribution in [0.1, 0.15) is 60.8 Å². The second kappa shape index (κ2) is 10.3. The maximum Gasteiger partial charge on any atom is 0.244 e. The summed E-state index contributed by atoms with van der Waals surface area (Å²) in [6, 6.07) is 0. The number of aromatic nitrogens is 4. The zero-order chi connectivity index (χ0) is 17.1. The summed E-state index contributed by atoms with van der Waals surface area (Å²) < 4.78 is 9.15. The lowest BCUT2D eigenvalue weighted by Crippen LogP contribution is -3.00. The molecule has 0 saturated carbocycles. The molecule has 0 unspecified atom stereocenters. The van der Waals surface area contributed by atoms with Gasteiger partial charge in [0, 0.05) is 0 Å². The summed E-state index contributed by atoms with van der Waals surface area (Å²) in [5.41, 5.74) is 0.338. The van der Waals surface area contributed by atoms with Gasteiger partial charge in [-0.2, -0.15) is 0 Å². The number of unbranched alkanes of at least 4 members (excludes halogenated alkanes) is 2. The molecule has 0 aliphatic carbocycles. The molecule has 0 amide bonds. The van der Waals surface area contributed by atoms with Gasteiger partial charge >= 0.3 is 0 Å². The molecule has 0 fully saturated rings. The van der Waals surface area contributed by atoms with Crippen molar-refractivity contribution in [3.8, 4) is 0 Å². The second-order valence-electron chi connectivity index (χ2n) is 8.52. The highest BCUT2D eigenvalue weighted by molar-refractivity contribution is 4.79. The Bertz CT molecular complexity index is 564. The summed E-state index contributed by atoms with van der Waals surface area (Å²) in [5, 5.41) is 0. The fraction of sp³-hybridized carbons (Fsp3) is 0.684. The normalized spacial score (nSPS) is 11.8. The zero-order valence-corrected chi connectivity index (χ0v) is 20.9. The maximum atomic E-state index is 2.30. The molecule has 144 valence electrons. The van der Waals surface area contributed by atoms with Crippen LogP contribution in [0, 0.1) is 0 Å². The standard InChI is InChI=1S/C19H34N4.2HI/c1-18(2,3)22-14-12-20(16-22)10-8-7-9-11-21-13-15-23(17-21)19(4,5)6;;/h12-17H,7-11H2,1-6H3;2*1H/q+2;;/p-2. The topological polar surface area (TPSA) is 17.6 Å². The molecule has 2 aromatic heterocycles. The highest BCUT2D eigenvalue weighted by atomic mass is 127. The number of imidazole rings is 2. The summed E-state index contributed by atoms with van der Waals surface area (Å²) >= 11 is 0. The van der Waals surface area contributed by atoms with Crippen molar-refractivity contribution in [2.24, 2.45) is 0 Å². The number of rotatable bonds is 6. The van der Waals surface area contributed by atoms with Gasteiger partial charge in [0.1, 0.15) is 35.9 Å². The Labute approximate surface area is 187 Å². The molecule has 0 spiro atoms. The van der Waals surface area contributed by atoms with Gasteiger partial charge < -0.3 is 48.0 Å². The molecule has 25 heavy (non-hydrogen) atoms. The highest BCUT2D eigenvalue weighted by Gasteiger charge is 2.19.